The van der Waals surface area contributed by atoms with Gasteiger partial charge in [-0.15, -0.1) is 0 Å². The average molecular weight is 461 g/mol. The number of aryl methyl sites for hydroxylation is 1. The summed E-state index contributed by atoms with van der Waals surface area (Å²) in [5.74, 6) is 0.745. The minimum absolute atomic E-state index is 0.129. The molecular formula is C24H29ClN2O5. The zero-order chi connectivity index (χ0) is 23.3. The Hall–Kier alpha value is -2.77. The van der Waals surface area contributed by atoms with Crippen LogP contribution in [0.3, 0.4) is 0 Å². The minimum Gasteiger partial charge on any atom is -0.493 e. The van der Waals surface area contributed by atoms with Crippen molar-refractivity contribution in [2.75, 3.05) is 39.2 Å². The van der Waals surface area contributed by atoms with E-state index in [0.717, 1.165) is 23.1 Å². The molecular weight excluding hydrogens is 432 g/mol. The van der Waals surface area contributed by atoms with E-state index in [-0.39, 0.29) is 30.9 Å². The van der Waals surface area contributed by atoms with E-state index in [1.54, 1.807) is 33.3 Å². The molecule has 0 unspecified atom stereocenters. The maximum absolute atomic E-state index is 12.9. The number of hydrogen-bond acceptors (Lipinski definition) is 6. The highest BCUT2D eigenvalue weighted by molar-refractivity contribution is 6.31. The van der Waals surface area contributed by atoms with Crippen LogP contribution in [0.1, 0.15) is 36.1 Å². The predicted octanol–water partition coefficient (Wildman–Crippen LogP) is 4.16. The normalized spacial score (nSPS) is 15.6. The first-order valence-corrected chi connectivity index (χ1v) is 10.9. The maximum Gasteiger partial charge on any atom is 0.307 e. The number of hydrogen-bond donors (Lipinski definition) is 1. The first-order valence-electron chi connectivity index (χ1n) is 10.6. The Balaban J connectivity index is 1.86. The fraction of sp³-hybridized carbons (Fsp3) is 0.417. The van der Waals surface area contributed by atoms with Crippen molar-refractivity contribution in [3.63, 3.8) is 0 Å². The number of rotatable bonds is 8. The van der Waals surface area contributed by atoms with Crippen molar-refractivity contribution in [2.24, 2.45) is 0 Å². The van der Waals surface area contributed by atoms with Crippen LogP contribution in [0.2, 0.25) is 5.02 Å². The van der Waals surface area contributed by atoms with Crippen LogP contribution in [0.15, 0.2) is 30.3 Å². The SMILES string of the molecule is CCOC(=O)C[C@@H]1c2cc(OC)c(OC)cc2CCN1CC(=O)Nc1cc(Cl)ccc1C. The molecule has 0 saturated carbocycles. The van der Waals surface area contributed by atoms with Crippen molar-refractivity contribution in [1.29, 1.82) is 0 Å². The molecule has 7 nitrogen and oxygen atoms in total. The van der Waals surface area contributed by atoms with Gasteiger partial charge in [0.1, 0.15) is 0 Å². The Kier molecular flexibility index (Phi) is 7.99. The number of anilines is 1. The highest BCUT2D eigenvalue weighted by Gasteiger charge is 2.32. The van der Waals surface area contributed by atoms with E-state index in [0.29, 0.717) is 35.4 Å². The van der Waals surface area contributed by atoms with Crippen molar-refractivity contribution in [3.8, 4) is 11.5 Å². The van der Waals surface area contributed by atoms with Gasteiger partial charge in [0, 0.05) is 23.3 Å². The average Bonchev–Trinajstić information content (AvgIpc) is 2.77. The summed E-state index contributed by atoms with van der Waals surface area (Å²) >= 11 is 6.08. The summed E-state index contributed by atoms with van der Waals surface area (Å²) in [6.07, 6.45) is 0.859. The van der Waals surface area contributed by atoms with E-state index in [4.69, 9.17) is 25.8 Å². The maximum atomic E-state index is 12.9. The Morgan fingerprint density at radius 3 is 2.56 bits per heavy atom. The van der Waals surface area contributed by atoms with Gasteiger partial charge in [0.15, 0.2) is 11.5 Å². The Morgan fingerprint density at radius 1 is 1.16 bits per heavy atom. The third-order valence-corrected chi connectivity index (χ3v) is 5.83. The number of amides is 1. The van der Waals surface area contributed by atoms with Gasteiger partial charge in [0.25, 0.3) is 0 Å². The molecule has 0 fully saturated rings. The van der Waals surface area contributed by atoms with Gasteiger partial charge in [-0.25, -0.2) is 0 Å². The highest BCUT2D eigenvalue weighted by Crippen LogP contribution is 2.39. The second kappa shape index (κ2) is 10.7. The minimum atomic E-state index is -0.316. The van der Waals surface area contributed by atoms with Gasteiger partial charge in [-0.2, -0.15) is 0 Å². The molecule has 0 aliphatic carbocycles. The van der Waals surface area contributed by atoms with Crippen LogP contribution < -0.4 is 14.8 Å². The summed E-state index contributed by atoms with van der Waals surface area (Å²) in [7, 11) is 3.17. The second-order valence-electron chi connectivity index (χ2n) is 7.66. The summed E-state index contributed by atoms with van der Waals surface area (Å²) < 4.78 is 16.1. The lowest BCUT2D eigenvalue weighted by atomic mass is 9.90. The fourth-order valence-corrected chi connectivity index (χ4v) is 4.16. The molecule has 1 amide bonds. The number of methoxy groups -OCH3 is 2. The number of carbonyl (C=O) groups is 2. The highest BCUT2D eigenvalue weighted by atomic mass is 35.5. The van der Waals surface area contributed by atoms with Gasteiger partial charge >= 0.3 is 5.97 Å². The molecule has 0 radical (unpaired) electrons. The monoisotopic (exact) mass is 460 g/mol. The van der Waals surface area contributed by atoms with Crippen LogP contribution in [-0.4, -0.2) is 50.7 Å². The summed E-state index contributed by atoms with van der Waals surface area (Å²) in [5.41, 5.74) is 3.60. The number of ether oxygens (including phenoxy) is 3. The molecule has 3 rings (SSSR count). The summed E-state index contributed by atoms with van der Waals surface area (Å²) in [5, 5.41) is 3.49. The Bertz CT molecular complexity index is 995. The lowest BCUT2D eigenvalue weighted by Gasteiger charge is -2.37. The molecule has 0 saturated heterocycles. The number of fused-ring (bicyclic) bond motifs is 1. The topological polar surface area (TPSA) is 77.1 Å². The largest absolute Gasteiger partial charge is 0.493 e. The Morgan fingerprint density at radius 2 is 1.88 bits per heavy atom. The number of nitrogens with zero attached hydrogens (tertiary/aromatic N) is 1. The first-order chi connectivity index (χ1) is 15.4. The quantitative estimate of drug-likeness (QED) is 0.596. The molecule has 32 heavy (non-hydrogen) atoms. The Labute approximate surface area is 193 Å². The smallest absolute Gasteiger partial charge is 0.307 e. The van der Waals surface area contributed by atoms with Crippen molar-refractivity contribution in [2.45, 2.75) is 32.7 Å². The molecule has 2 aromatic carbocycles. The predicted molar refractivity (Wildman–Crippen MR) is 124 cm³/mol. The molecule has 0 bridgehead atoms. The molecule has 8 heteroatoms. The van der Waals surface area contributed by atoms with Gasteiger partial charge in [0.05, 0.1) is 33.8 Å². The molecule has 1 atom stereocenters. The molecule has 172 valence electrons. The molecule has 0 spiro atoms. The molecule has 1 aliphatic heterocycles. The van der Waals surface area contributed by atoms with Crippen LogP contribution >= 0.6 is 11.6 Å². The number of halogens is 1. The van der Waals surface area contributed by atoms with Crippen molar-refractivity contribution >= 4 is 29.2 Å². The number of nitrogens with one attached hydrogen (secondary N) is 1. The zero-order valence-electron chi connectivity index (χ0n) is 18.9. The molecule has 1 aliphatic rings. The van der Waals surface area contributed by atoms with E-state index in [9.17, 15) is 9.59 Å². The van der Waals surface area contributed by atoms with E-state index in [1.165, 1.54) is 0 Å². The van der Waals surface area contributed by atoms with Crippen LogP contribution in [-0.2, 0) is 20.7 Å². The third-order valence-electron chi connectivity index (χ3n) is 5.60. The van der Waals surface area contributed by atoms with Crippen molar-refractivity contribution in [1.82, 2.24) is 4.90 Å². The number of carbonyl (C=O) groups excluding carboxylic acids is 2. The van der Waals surface area contributed by atoms with Crippen LogP contribution in [0.25, 0.3) is 0 Å². The summed E-state index contributed by atoms with van der Waals surface area (Å²) in [6, 6.07) is 8.89. The summed E-state index contributed by atoms with van der Waals surface area (Å²) in [6.45, 7) is 4.74. The van der Waals surface area contributed by atoms with E-state index >= 15 is 0 Å². The van der Waals surface area contributed by atoms with Gasteiger partial charge in [-0.05, 0) is 61.2 Å². The lowest BCUT2D eigenvalue weighted by molar-refractivity contribution is -0.145. The third kappa shape index (κ3) is 5.53. The van der Waals surface area contributed by atoms with Gasteiger partial charge < -0.3 is 19.5 Å². The van der Waals surface area contributed by atoms with E-state index in [2.05, 4.69) is 5.32 Å². The second-order valence-corrected chi connectivity index (χ2v) is 8.10. The van der Waals surface area contributed by atoms with Crippen molar-refractivity contribution in [3.05, 3.63) is 52.0 Å². The zero-order valence-corrected chi connectivity index (χ0v) is 19.6. The number of benzene rings is 2. The van der Waals surface area contributed by atoms with Crippen molar-refractivity contribution < 1.29 is 23.8 Å². The summed E-state index contributed by atoms with van der Waals surface area (Å²) in [4.78, 5) is 27.3. The molecule has 1 heterocycles. The molecule has 0 aromatic heterocycles. The van der Waals surface area contributed by atoms with Crippen LogP contribution in [0.4, 0.5) is 5.69 Å². The molecule has 2 aromatic rings. The van der Waals surface area contributed by atoms with Gasteiger partial charge in [-0.3, -0.25) is 14.5 Å². The lowest BCUT2D eigenvalue weighted by Crippen LogP contribution is -2.41. The van der Waals surface area contributed by atoms with E-state index in [1.807, 2.05) is 30.0 Å². The first kappa shape index (κ1) is 23.9. The fourth-order valence-electron chi connectivity index (χ4n) is 3.99. The van der Waals surface area contributed by atoms with Crippen LogP contribution in [0, 0.1) is 6.92 Å². The standard InChI is InChI=1S/C24H29ClN2O5/c1-5-32-24(29)13-20-18-12-22(31-4)21(30-3)10-16(18)8-9-27(20)14-23(28)26-19-11-17(25)7-6-15(19)2/h6-7,10-12,20H,5,8-9,13-14H2,1-4H3,(H,26,28)/t20-/m1/s1. The van der Waals surface area contributed by atoms with Gasteiger partial charge in [-0.1, -0.05) is 17.7 Å². The van der Waals surface area contributed by atoms with Crippen LogP contribution in [0.5, 0.6) is 11.5 Å². The van der Waals surface area contributed by atoms with Gasteiger partial charge in [0.2, 0.25) is 5.91 Å². The number of esters is 1. The van der Waals surface area contributed by atoms with E-state index < -0.39 is 0 Å². The molecule has 1 N–H and O–H groups in total.